The zero-order valence-corrected chi connectivity index (χ0v) is 13.8. The van der Waals surface area contributed by atoms with Crippen LogP contribution in [0.15, 0.2) is 27.8 Å². The second-order valence-corrected chi connectivity index (χ2v) is 6.40. The number of hydrogen-bond donors (Lipinski definition) is 2. The summed E-state index contributed by atoms with van der Waals surface area (Å²) in [5.41, 5.74) is -0.0283. The Morgan fingerprint density at radius 1 is 1.42 bits per heavy atom. The standard InChI is InChI=1S/C17H21N3O4/c1-10(2)20-16(22)13-4-3-12(7-14(13)19-17(20)23)15(21)18-8-11-5-6-24-9-11/h3-4,7,10-11H,5-6,8-9H2,1-2H3,(H,18,21)(H,19,23). The van der Waals surface area contributed by atoms with Crippen LogP contribution in [-0.4, -0.2) is 35.2 Å². The van der Waals surface area contributed by atoms with Crippen LogP contribution in [0.25, 0.3) is 10.9 Å². The summed E-state index contributed by atoms with van der Waals surface area (Å²) in [7, 11) is 0. The fourth-order valence-corrected chi connectivity index (χ4v) is 2.93. The monoisotopic (exact) mass is 331 g/mol. The maximum absolute atomic E-state index is 12.4. The Kier molecular flexibility index (Phi) is 4.53. The molecule has 1 saturated heterocycles. The number of ether oxygens (including phenoxy) is 1. The Bertz CT molecular complexity index is 876. The van der Waals surface area contributed by atoms with Gasteiger partial charge in [-0.05, 0) is 38.5 Å². The van der Waals surface area contributed by atoms with Crippen LogP contribution in [0.4, 0.5) is 0 Å². The van der Waals surface area contributed by atoms with Crippen molar-refractivity contribution in [3.8, 4) is 0 Å². The van der Waals surface area contributed by atoms with Crippen molar-refractivity contribution in [2.75, 3.05) is 19.8 Å². The Balaban J connectivity index is 1.88. The molecule has 0 bridgehead atoms. The Morgan fingerprint density at radius 3 is 2.88 bits per heavy atom. The fraction of sp³-hybridized carbons (Fsp3) is 0.471. The van der Waals surface area contributed by atoms with E-state index in [0.717, 1.165) is 13.0 Å². The molecule has 2 N–H and O–H groups in total. The second kappa shape index (κ2) is 6.60. The van der Waals surface area contributed by atoms with E-state index in [4.69, 9.17) is 4.74 Å². The minimum atomic E-state index is -0.469. The molecule has 24 heavy (non-hydrogen) atoms. The normalized spacial score (nSPS) is 17.5. The first-order valence-electron chi connectivity index (χ1n) is 8.12. The lowest BCUT2D eigenvalue weighted by Gasteiger charge is -2.11. The smallest absolute Gasteiger partial charge is 0.329 e. The van der Waals surface area contributed by atoms with Gasteiger partial charge in [-0.2, -0.15) is 0 Å². The number of aromatic nitrogens is 2. The van der Waals surface area contributed by atoms with Gasteiger partial charge in [-0.15, -0.1) is 0 Å². The lowest BCUT2D eigenvalue weighted by atomic mass is 10.1. The summed E-state index contributed by atoms with van der Waals surface area (Å²) in [5, 5.41) is 3.26. The molecule has 1 aliphatic heterocycles. The Hall–Kier alpha value is -2.41. The van der Waals surface area contributed by atoms with Crippen LogP contribution < -0.4 is 16.6 Å². The SMILES string of the molecule is CC(C)n1c(=O)[nH]c2cc(C(=O)NCC3CCOC3)ccc2c1=O. The quantitative estimate of drug-likeness (QED) is 0.875. The van der Waals surface area contributed by atoms with Gasteiger partial charge in [-0.1, -0.05) is 0 Å². The highest BCUT2D eigenvalue weighted by atomic mass is 16.5. The van der Waals surface area contributed by atoms with Gasteiger partial charge in [0.15, 0.2) is 0 Å². The summed E-state index contributed by atoms with van der Waals surface area (Å²) in [4.78, 5) is 39.4. The molecule has 1 atom stereocenters. The number of aromatic amines is 1. The third kappa shape index (κ3) is 3.12. The van der Waals surface area contributed by atoms with Crippen molar-refractivity contribution in [1.29, 1.82) is 0 Å². The number of hydrogen-bond acceptors (Lipinski definition) is 4. The average Bonchev–Trinajstić information content (AvgIpc) is 3.05. The van der Waals surface area contributed by atoms with E-state index in [2.05, 4.69) is 10.3 Å². The molecular weight excluding hydrogens is 310 g/mol. The van der Waals surface area contributed by atoms with Gasteiger partial charge in [0.2, 0.25) is 0 Å². The van der Waals surface area contributed by atoms with Crippen molar-refractivity contribution in [3.63, 3.8) is 0 Å². The predicted octanol–water partition coefficient (Wildman–Crippen LogP) is 1.04. The first-order chi connectivity index (χ1) is 11.5. The summed E-state index contributed by atoms with van der Waals surface area (Å²) in [6.45, 7) is 5.51. The number of carbonyl (C=O) groups excluding carboxylic acids is 1. The van der Waals surface area contributed by atoms with Gasteiger partial charge in [0, 0.05) is 30.7 Å². The van der Waals surface area contributed by atoms with E-state index in [1.54, 1.807) is 32.0 Å². The van der Waals surface area contributed by atoms with Crippen LogP contribution in [0.3, 0.4) is 0 Å². The first kappa shape index (κ1) is 16.4. The molecule has 1 aromatic carbocycles. The molecule has 2 heterocycles. The molecule has 0 saturated carbocycles. The lowest BCUT2D eigenvalue weighted by molar-refractivity contribution is 0.0945. The molecule has 1 unspecified atom stereocenters. The number of rotatable bonds is 4. The van der Waals surface area contributed by atoms with Crippen molar-refractivity contribution in [2.45, 2.75) is 26.3 Å². The molecule has 7 heteroatoms. The van der Waals surface area contributed by atoms with Gasteiger partial charge in [-0.3, -0.25) is 14.2 Å². The number of carbonyl (C=O) groups is 1. The van der Waals surface area contributed by atoms with E-state index < -0.39 is 5.69 Å². The van der Waals surface area contributed by atoms with E-state index in [0.29, 0.717) is 35.5 Å². The Labute approximate surface area is 138 Å². The Morgan fingerprint density at radius 2 is 2.21 bits per heavy atom. The van der Waals surface area contributed by atoms with Crippen LogP contribution in [-0.2, 0) is 4.74 Å². The minimum Gasteiger partial charge on any atom is -0.381 e. The van der Waals surface area contributed by atoms with Crippen LogP contribution in [0.2, 0.25) is 0 Å². The van der Waals surface area contributed by atoms with Gasteiger partial charge in [-0.25, -0.2) is 4.79 Å². The third-order valence-corrected chi connectivity index (χ3v) is 4.28. The fourth-order valence-electron chi connectivity index (χ4n) is 2.93. The number of nitrogens with one attached hydrogen (secondary N) is 2. The molecule has 1 aliphatic rings. The highest BCUT2D eigenvalue weighted by molar-refractivity contribution is 5.97. The third-order valence-electron chi connectivity index (χ3n) is 4.28. The minimum absolute atomic E-state index is 0.224. The van der Waals surface area contributed by atoms with Crippen LogP contribution in [0, 0.1) is 5.92 Å². The molecule has 3 rings (SSSR count). The molecule has 1 fully saturated rings. The van der Waals surface area contributed by atoms with Crippen LogP contribution in [0.1, 0.15) is 36.7 Å². The van der Waals surface area contributed by atoms with E-state index in [1.807, 2.05) is 0 Å². The van der Waals surface area contributed by atoms with Crippen molar-refractivity contribution in [2.24, 2.45) is 5.92 Å². The zero-order valence-electron chi connectivity index (χ0n) is 13.8. The van der Waals surface area contributed by atoms with Gasteiger partial charge < -0.3 is 15.0 Å². The molecular formula is C17H21N3O4. The summed E-state index contributed by atoms with van der Waals surface area (Å²) >= 11 is 0. The molecule has 2 aromatic rings. The number of fused-ring (bicyclic) bond motifs is 1. The van der Waals surface area contributed by atoms with E-state index in [-0.39, 0.29) is 17.5 Å². The second-order valence-electron chi connectivity index (χ2n) is 6.40. The largest absolute Gasteiger partial charge is 0.381 e. The van der Waals surface area contributed by atoms with Crippen molar-refractivity contribution >= 4 is 16.8 Å². The van der Waals surface area contributed by atoms with E-state index in [1.165, 1.54) is 4.57 Å². The van der Waals surface area contributed by atoms with Crippen LogP contribution >= 0.6 is 0 Å². The molecule has 7 nitrogen and oxygen atoms in total. The summed E-state index contributed by atoms with van der Waals surface area (Å²) in [5.74, 6) is 0.116. The number of H-pyrrole nitrogens is 1. The van der Waals surface area contributed by atoms with Crippen LogP contribution in [0.5, 0.6) is 0 Å². The molecule has 0 radical (unpaired) electrons. The van der Waals surface area contributed by atoms with Gasteiger partial charge in [0.1, 0.15) is 0 Å². The zero-order chi connectivity index (χ0) is 17.3. The molecule has 0 spiro atoms. The lowest BCUT2D eigenvalue weighted by Crippen LogP contribution is -2.36. The van der Waals surface area contributed by atoms with Crippen molar-refractivity contribution in [3.05, 3.63) is 44.6 Å². The number of nitrogens with zero attached hydrogens (tertiary/aromatic N) is 1. The highest BCUT2D eigenvalue weighted by Gasteiger charge is 2.17. The molecule has 1 aromatic heterocycles. The summed E-state index contributed by atoms with van der Waals surface area (Å²) in [6.07, 6.45) is 0.945. The van der Waals surface area contributed by atoms with E-state index in [9.17, 15) is 14.4 Å². The molecule has 128 valence electrons. The number of benzene rings is 1. The average molecular weight is 331 g/mol. The summed E-state index contributed by atoms with van der Waals surface area (Å²) < 4.78 is 6.45. The molecule has 1 amide bonds. The maximum Gasteiger partial charge on any atom is 0.329 e. The van der Waals surface area contributed by atoms with Crippen molar-refractivity contribution in [1.82, 2.24) is 14.9 Å². The van der Waals surface area contributed by atoms with Crippen molar-refractivity contribution < 1.29 is 9.53 Å². The van der Waals surface area contributed by atoms with Gasteiger partial charge in [0.05, 0.1) is 17.5 Å². The van der Waals surface area contributed by atoms with E-state index >= 15 is 0 Å². The van der Waals surface area contributed by atoms with Gasteiger partial charge in [0.25, 0.3) is 11.5 Å². The van der Waals surface area contributed by atoms with Gasteiger partial charge >= 0.3 is 5.69 Å². The predicted molar refractivity (Wildman–Crippen MR) is 90.5 cm³/mol. The first-order valence-corrected chi connectivity index (χ1v) is 8.12. The topological polar surface area (TPSA) is 93.2 Å². The molecule has 0 aliphatic carbocycles. The highest BCUT2D eigenvalue weighted by Crippen LogP contribution is 2.13. The number of amides is 1. The maximum atomic E-state index is 12.4. The summed E-state index contributed by atoms with van der Waals surface area (Å²) in [6, 6.07) is 4.50.